The Morgan fingerprint density at radius 1 is 1.33 bits per heavy atom. The predicted octanol–water partition coefficient (Wildman–Crippen LogP) is -0.0210. The van der Waals surface area contributed by atoms with Gasteiger partial charge in [0.1, 0.15) is 6.29 Å². The van der Waals surface area contributed by atoms with Crippen molar-refractivity contribution in [2.75, 3.05) is 26.8 Å². The molecule has 6 nitrogen and oxygen atoms in total. The molecule has 74 valence electrons. The summed E-state index contributed by atoms with van der Waals surface area (Å²) in [6.45, 7) is 0. The molecule has 0 bridgehead atoms. The maximum absolute atomic E-state index is 11.2. The first-order valence-electron chi connectivity index (χ1n) is 2.98. The standard InChI is InChI=1S/C4H12NO5PS/c1-9-11(6,10-2)4-5-12(3,7)8/h5H,4H2,1-3H3. The van der Waals surface area contributed by atoms with E-state index >= 15 is 0 Å². The molecule has 0 amide bonds. The van der Waals surface area contributed by atoms with Gasteiger partial charge in [0, 0.05) is 14.2 Å². The van der Waals surface area contributed by atoms with Gasteiger partial charge in [-0.15, -0.1) is 0 Å². The normalized spacial score (nSPS) is 13.2. The highest BCUT2D eigenvalue weighted by Crippen LogP contribution is 2.44. The second-order valence-corrected chi connectivity index (χ2v) is 6.15. The van der Waals surface area contributed by atoms with E-state index in [1.807, 2.05) is 4.72 Å². The van der Waals surface area contributed by atoms with E-state index in [1.165, 1.54) is 14.2 Å². The van der Waals surface area contributed by atoms with Crippen LogP contribution in [0.4, 0.5) is 0 Å². The summed E-state index contributed by atoms with van der Waals surface area (Å²) in [4.78, 5) is 0. The van der Waals surface area contributed by atoms with Crippen molar-refractivity contribution in [3.8, 4) is 0 Å². The Morgan fingerprint density at radius 2 is 1.75 bits per heavy atom. The van der Waals surface area contributed by atoms with Crippen molar-refractivity contribution >= 4 is 17.6 Å². The Labute approximate surface area is 71.8 Å². The minimum Gasteiger partial charge on any atom is -0.311 e. The molecule has 1 N–H and O–H groups in total. The van der Waals surface area contributed by atoms with Crippen LogP contribution < -0.4 is 4.72 Å². The van der Waals surface area contributed by atoms with Gasteiger partial charge in [-0.25, -0.2) is 13.1 Å². The molecular weight excluding hydrogens is 205 g/mol. The van der Waals surface area contributed by atoms with Gasteiger partial charge in [0.15, 0.2) is 0 Å². The fourth-order valence-corrected chi connectivity index (χ4v) is 2.38. The van der Waals surface area contributed by atoms with Gasteiger partial charge in [-0.1, -0.05) is 0 Å². The Balaban J connectivity index is 4.17. The van der Waals surface area contributed by atoms with Gasteiger partial charge in [0.2, 0.25) is 10.0 Å². The van der Waals surface area contributed by atoms with Crippen LogP contribution in [0.25, 0.3) is 0 Å². The molecule has 0 heterocycles. The molecule has 8 heteroatoms. The molecule has 0 radical (unpaired) electrons. The molecule has 0 aromatic carbocycles. The molecule has 0 saturated heterocycles. The number of rotatable bonds is 5. The quantitative estimate of drug-likeness (QED) is 0.654. The van der Waals surface area contributed by atoms with E-state index in [4.69, 9.17) is 0 Å². The van der Waals surface area contributed by atoms with Crippen LogP contribution in [-0.4, -0.2) is 35.2 Å². The average Bonchev–Trinajstić information content (AvgIpc) is 1.99. The van der Waals surface area contributed by atoms with E-state index in [0.29, 0.717) is 0 Å². The van der Waals surface area contributed by atoms with Crippen molar-refractivity contribution in [1.82, 2.24) is 4.72 Å². The molecule has 12 heavy (non-hydrogen) atoms. The molecule has 0 aromatic rings. The lowest BCUT2D eigenvalue weighted by atomic mass is 11.5. The average molecular weight is 217 g/mol. The number of hydrogen-bond acceptors (Lipinski definition) is 5. The second kappa shape index (κ2) is 4.34. The summed E-state index contributed by atoms with van der Waals surface area (Å²) in [5, 5.41) is 0. The van der Waals surface area contributed by atoms with E-state index in [0.717, 1.165) is 6.26 Å². The molecule has 0 unspecified atom stereocenters. The van der Waals surface area contributed by atoms with Crippen LogP contribution in [0, 0.1) is 0 Å². The van der Waals surface area contributed by atoms with Crippen molar-refractivity contribution < 1.29 is 22.0 Å². The maximum Gasteiger partial charge on any atom is 0.344 e. The van der Waals surface area contributed by atoms with Gasteiger partial charge in [-0.2, -0.15) is 0 Å². The van der Waals surface area contributed by atoms with Gasteiger partial charge in [-0.3, -0.25) is 4.57 Å². The zero-order valence-electron chi connectivity index (χ0n) is 7.10. The summed E-state index contributed by atoms with van der Waals surface area (Å²) in [5.41, 5.74) is 0. The fourth-order valence-electron chi connectivity index (χ4n) is 0.400. The second-order valence-electron chi connectivity index (χ2n) is 2.05. The van der Waals surface area contributed by atoms with Gasteiger partial charge in [0.05, 0.1) is 6.26 Å². The molecule has 0 aliphatic carbocycles. The van der Waals surface area contributed by atoms with Crippen LogP contribution in [0.15, 0.2) is 0 Å². The number of hydrogen-bond donors (Lipinski definition) is 1. The molecule has 0 rings (SSSR count). The number of sulfonamides is 1. The van der Waals surface area contributed by atoms with Gasteiger partial charge >= 0.3 is 7.60 Å². The molecule has 0 aliphatic heterocycles. The third-order valence-electron chi connectivity index (χ3n) is 1.08. The minimum absolute atomic E-state index is 0.348. The van der Waals surface area contributed by atoms with Crippen LogP contribution in [0.3, 0.4) is 0 Å². The molecule has 0 fully saturated rings. The molecule has 0 saturated carbocycles. The lowest BCUT2D eigenvalue weighted by Crippen LogP contribution is -2.23. The van der Waals surface area contributed by atoms with Crippen molar-refractivity contribution in [3.05, 3.63) is 0 Å². The largest absolute Gasteiger partial charge is 0.344 e. The highest BCUT2D eigenvalue weighted by atomic mass is 32.2. The highest BCUT2D eigenvalue weighted by Gasteiger charge is 2.22. The highest BCUT2D eigenvalue weighted by molar-refractivity contribution is 7.89. The van der Waals surface area contributed by atoms with Crippen molar-refractivity contribution in [1.29, 1.82) is 0 Å². The SMILES string of the molecule is COP(=O)(CNS(C)(=O)=O)OC. The smallest absolute Gasteiger partial charge is 0.311 e. The first kappa shape index (κ1) is 12.1. The minimum atomic E-state index is -3.36. The van der Waals surface area contributed by atoms with Crippen molar-refractivity contribution in [2.24, 2.45) is 0 Å². The van der Waals surface area contributed by atoms with E-state index in [1.54, 1.807) is 0 Å². The van der Waals surface area contributed by atoms with Crippen LogP contribution in [0.2, 0.25) is 0 Å². The van der Waals surface area contributed by atoms with E-state index in [2.05, 4.69) is 9.05 Å². The molecular formula is C4H12NO5PS. The number of nitrogens with one attached hydrogen (secondary N) is 1. The molecule has 0 aliphatic rings. The van der Waals surface area contributed by atoms with Crippen molar-refractivity contribution in [2.45, 2.75) is 0 Å². The van der Waals surface area contributed by atoms with E-state index < -0.39 is 17.6 Å². The first-order valence-corrected chi connectivity index (χ1v) is 6.60. The third-order valence-corrected chi connectivity index (χ3v) is 3.62. The zero-order chi connectivity index (χ0) is 9.83. The first-order chi connectivity index (χ1) is 5.33. The summed E-state index contributed by atoms with van der Waals surface area (Å²) < 4.78 is 43.4. The van der Waals surface area contributed by atoms with Crippen LogP contribution >= 0.6 is 7.60 Å². The molecule has 0 atom stereocenters. The van der Waals surface area contributed by atoms with Crippen LogP contribution in [-0.2, 0) is 23.6 Å². The predicted molar refractivity (Wildman–Crippen MR) is 44.5 cm³/mol. The van der Waals surface area contributed by atoms with E-state index in [9.17, 15) is 13.0 Å². The summed E-state index contributed by atoms with van der Waals surface area (Å²) in [7, 11) is -4.25. The summed E-state index contributed by atoms with van der Waals surface area (Å²) >= 11 is 0. The Kier molecular flexibility index (Phi) is 4.36. The Hall–Kier alpha value is 0.0600. The van der Waals surface area contributed by atoms with Crippen LogP contribution in [0.5, 0.6) is 0 Å². The Bertz CT molecular complexity index is 265. The zero-order valence-corrected chi connectivity index (χ0v) is 8.81. The molecule has 0 aromatic heterocycles. The fraction of sp³-hybridized carbons (Fsp3) is 1.00. The van der Waals surface area contributed by atoms with Crippen LogP contribution in [0.1, 0.15) is 0 Å². The lowest BCUT2D eigenvalue weighted by molar-refractivity contribution is 0.275. The Morgan fingerprint density at radius 3 is 2.00 bits per heavy atom. The summed E-state index contributed by atoms with van der Waals surface area (Å²) in [6.07, 6.45) is 0.613. The third kappa shape index (κ3) is 4.84. The summed E-state index contributed by atoms with van der Waals surface area (Å²) in [6, 6.07) is 0. The summed E-state index contributed by atoms with van der Waals surface area (Å²) in [5.74, 6) is 0. The molecule has 0 spiro atoms. The van der Waals surface area contributed by atoms with Gasteiger partial charge in [-0.05, 0) is 0 Å². The topological polar surface area (TPSA) is 81.7 Å². The van der Waals surface area contributed by atoms with E-state index in [-0.39, 0.29) is 6.29 Å². The monoisotopic (exact) mass is 217 g/mol. The van der Waals surface area contributed by atoms with Gasteiger partial charge < -0.3 is 9.05 Å². The maximum atomic E-state index is 11.2. The van der Waals surface area contributed by atoms with Crippen molar-refractivity contribution in [3.63, 3.8) is 0 Å². The van der Waals surface area contributed by atoms with Gasteiger partial charge in [0.25, 0.3) is 0 Å². The lowest BCUT2D eigenvalue weighted by Gasteiger charge is -2.12.